The molecule has 1 aliphatic carbocycles. The van der Waals surface area contributed by atoms with Gasteiger partial charge in [-0.15, -0.1) is 11.3 Å². The number of H-pyrrole nitrogens is 2. The number of aromatic amines is 2. The molecular weight excluding hydrogens is 1240 g/mol. The fourth-order valence-electron chi connectivity index (χ4n) is 13.1. The summed E-state index contributed by atoms with van der Waals surface area (Å²) in [7, 11) is 4.19. The van der Waals surface area contributed by atoms with Gasteiger partial charge in [0.05, 0.1) is 11.0 Å². The molecule has 0 radical (unpaired) electrons. The summed E-state index contributed by atoms with van der Waals surface area (Å²) in [5, 5.41) is 7.62. The van der Waals surface area contributed by atoms with Gasteiger partial charge in [0, 0.05) is 71.1 Å². The van der Waals surface area contributed by atoms with Crippen molar-refractivity contribution in [2.24, 2.45) is 52.0 Å². The summed E-state index contributed by atoms with van der Waals surface area (Å²) in [6, 6.07) is 56.4. The van der Waals surface area contributed by atoms with Gasteiger partial charge in [-0.1, -0.05) is 249 Å². The molecule has 8 heteroatoms. The van der Waals surface area contributed by atoms with Gasteiger partial charge in [-0.2, -0.15) is 0 Å². The van der Waals surface area contributed by atoms with Gasteiger partial charge in [0.25, 0.3) is 0 Å². The molecule has 0 unspecified atom stereocenters. The van der Waals surface area contributed by atoms with E-state index in [0.29, 0.717) is 39.3 Å². The van der Waals surface area contributed by atoms with Crippen LogP contribution >= 0.6 is 11.3 Å². The first-order chi connectivity index (χ1) is 46.7. The molecule has 532 valence electrons. The lowest BCUT2D eigenvalue weighted by atomic mass is 9.87. The van der Waals surface area contributed by atoms with Crippen molar-refractivity contribution in [2.45, 2.75) is 197 Å². The number of benzene rings is 7. The number of rotatable bonds is 7. The molecule has 14 rings (SSSR count). The largest absolute Gasteiger partial charge is 0.454 e. The van der Waals surface area contributed by atoms with E-state index >= 15 is 0 Å². The Balaban J connectivity index is 0.000000148. The number of thiophene rings is 1. The van der Waals surface area contributed by atoms with E-state index in [9.17, 15) is 0 Å². The standard InChI is InChI=1S/C14H19N.C14H18.C13H18N2.2C13H17N.C13H16S.C12H16O2/c1-14(2,3)10-11-6-5-7-13-12(11)8-9-15(13)4;1-14(2,3)10-11-7-8-12-5-4-6-13(12)9-11;1-13(2,3)9-12-14-10-7-5-6-8-11(10)15(12)4;1-13(2,3)9-10-4-5-11-6-7-14-12(11)8-10;1-13(2,3)9-10-5-4-6-12-11(10)7-8-14-12;1-13(2,3)9-11-6-4-5-10-7-8-14-12(10)11;1-12(2,3)7-9-4-5-10-11(6-9)14-8-13-10/h5-9H,10H2,1-4H3;4,6-9H,5,10H2,1-3H3;5-8H,9H2,1-4H3;2*4-8,14H,9H2,1-3H3;4-8H,9H2,1-3H3;4-6H,7-8H2,1-3H3. The third-order valence-electron chi connectivity index (χ3n) is 17.1. The quantitative estimate of drug-likeness (QED) is 0.167. The van der Waals surface area contributed by atoms with Crippen LogP contribution in [0.2, 0.25) is 0 Å². The highest BCUT2D eigenvalue weighted by molar-refractivity contribution is 7.17. The van der Waals surface area contributed by atoms with Crippen LogP contribution in [0, 0.1) is 37.9 Å². The molecule has 0 atom stereocenters. The lowest BCUT2D eigenvalue weighted by Crippen LogP contribution is -2.12. The zero-order chi connectivity index (χ0) is 73.0. The summed E-state index contributed by atoms with van der Waals surface area (Å²) in [5.41, 5.74) is 20.0. The number of aromatic nitrogens is 5. The minimum Gasteiger partial charge on any atom is -0.454 e. The van der Waals surface area contributed by atoms with Crippen LogP contribution < -0.4 is 9.47 Å². The van der Waals surface area contributed by atoms with Crippen molar-refractivity contribution >= 4 is 71.2 Å². The lowest BCUT2D eigenvalue weighted by molar-refractivity contribution is 0.174. The first-order valence-electron chi connectivity index (χ1n) is 36.4. The van der Waals surface area contributed by atoms with Crippen LogP contribution in [0.1, 0.15) is 196 Å². The molecule has 5 aromatic heterocycles. The number of fused-ring (bicyclic) bond motifs is 7. The molecule has 0 bridgehead atoms. The van der Waals surface area contributed by atoms with Gasteiger partial charge in [-0.3, -0.25) is 0 Å². The van der Waals surface area contributed by atoms with Crippen LogP contribution in [0.25, 0.3) is 59.9 Å². The fraction of sp³-hybridized carbons (Fsp3) is 0.424. The second-order valence-electron chi connectivity index (χ2n) is 36.4. The Morgan fingerprint density at radius 2 is 0.960 bits per heavy atom. The number of nitrogens with one attached hydrogen (secondary N) is 2. The molecule has 100 heavy (non-hydrogen) atoms. The van der Waals surface area contributed by atoms with E-state index in [2.05, 4.69) is 353 Å². The summed E-state index contributed by atoms with van der Waals surface area (Å²) >= 11 is 1.85. The molecule has 0 spiro atoms. The molecule has 1 aliphatic heterocycles. The maximum Gasteiger partial charge on any atom is 0.231 e. The average Bonchev–Trinajstić information content (AvgIpc) is 1.66. The SMILES string of the molecule is CC(C)(C)Cc1ccc2c(c1)C=CC2.CC(C)(C)Cc1ccc2c(c1)OCO2.CC(C)(C)Cc1ccc2cc[nH]c2c1.CC(C)(C)Cc1cccc2[nH]ccc12.CC(C)(C)Cc1cccc2ccsc12.Cn1c(CC(C)(C)C)nc2ccccc21.Cn1ccc2c(CC(C)(C)C)cccc21. The molecule has 2 N–H and O–H groups in total. The second kappa shape index (κ2) is 32.7. The number of hydrogen-bond acceptors (Lipinski definition) is 4. The van der Waals surface area contributed by atoms with Crippen LogP contribution in [0.5, 0.6) is 11.5 Å². The second-order valence-corrected chi connectivity index (χ2v) is 37.3. The summed E-state index contributed by atoms with van der Waals surface area (Å²) < 4.78 is 16.4. The smallest absolute Gasteiger partial charge is 0.231 e. The van der Waals surface area contributed by atoms with E-state index in [-0.39, 0.29) is 5.41 Å². The number of aryl methyl sites for hydroxylation is 2. The Kier molecular flexibility index (Phi) is 25.4. The van der Waals surface area contributed by atoms with E-state index in [1.165, 1.54) is 98.6 Å². The Hall–Kier alpha value is -8.07. The first-order valence-corrected chi connectivity index (χ1v) is 37.2. The van der Waals surface area contributed by atoms with Crippen LogP contribution in [0.3, 0.4) is 0 Å². The molecule has 0 saturated carbocycles. The molecule has 6 heterocycles. The van der Waals surface area contributed by atoms with Gasteiger partial charge < -0.3 is 28.6 Å². The Labute approximate surface area is 606 Å². The molecule has 0 saturated heterocycles. The van der Waals surface area contributed by atoms with Crippen molar-refractivity contribution in [3.05, 3.63) is 238 Å². The lowest BCUT2D eigenvalue weighted by Gasteiger charge is -2.18. The van der Waals surface area contributed by atoms with Crippen molar-refractivity contribution in [1.29, 1.82) is 0 Å². The highest BCUT2D eigenvalue weighted by Gasteiger charge is 2.21. The highest BCUT2D eigenvalue weighted by atomic mass is 32.1. The van der Waals surface area contributed by atoms with Gasteiger partial charge in [0.2, 0.25) is 6.79 Å². The monoisotopic (exact) mass is 1360 g/mol. The summed E-state index contributed by atoms with van der Waals surface area (Å²) in [6.45, 7) is 48.0. The number of ether oxygens (including phenoxy) is 2. The first kappa shape index (κ1) is 77.7. The molecule has 7 nitrogen and oxygen atoms in total. The molecule has 7 aromatic carbocycles. The van der Waals surface area contributed by atoms with Crippen molar-refractivity contribution in [2.75, 3.05) is 6.79 Å². The number of hydrogen-bond donors (Lipinski definition) is 2. The van der Waals surface area contributed by atoms with Crippen molar-refractivity contribution < 1.29 is 9.47 Å². The molecule has 12 aromatic rings. The zero-order valence-electron chi connectivity index (χ0n) is 65.4. The van der Waals surface area contributed by atoms with E-state index in [1.54, 1.807) is 0 Å². The van der Waals surface area contributed by atoms with Gasteiger partial charge in [0.1, 0.15) is 5.82 Å². The van der Waals surface area contributed by atoms with Crippen molar-refractivity contribution in [1.82, 2.24) is 24.1 Å². The maximum atomic E-state index is 5.33. The number of para-hydroxylation sites is 2. The van der Waals surface area contributed by atoms with Crippen LogP contribution in [0.15, 0.2) is 188 Å². The summed E-state index contributed by atoms with van der Waals surface area (Å²) in [4.78, 5) is 11.2. The van der Waals surface area contributed by atoms with E-state index < -0.39 is 0 Å². The molecule has 0 amide bonds. The predicted molar refractivity (Wildman–Crippen MR) is 436 cm³/mol. The predicted octanol–water partition coefficient (Wildman–Crippen LogP) is 25.8. The topological polar surface area (TPSA) is 72.8 Å². The average molecular weight is 1360 g/mol. The Morgan fingerprint density at radius 3 is 1.61 bits per heavy atom. The van der Waals surface area contributed by atoms with Crippen molar-refractivity contribution in [3.63, 3.8) is 0 Å². The van der Waals surface area contributed by atoms with E-state index in [1.807, 2.05) is 35.9 Å². The third-order valence-corrected chi connectivity index (χ3v) is 18.1. The normalized spacial score (nSPS) is 12.9. The number of imidazole rings is 1. The van der Waals surface area contributed by atoms with Crippen LogP contribution in [0.4, 0.5) is 0 Å². The van der Waals surface area contributed by atoms with Crippen molar-refractivity contribution in [3.8, 4) is 11.5 Å². The Bertz CT molecular complexity index is 4510. The zero-order valence-corrected chi connectivity index (χ0v) is 66.2. The van der Waals surface area contributed by atoms with Crippen LogP contribution in [-0.4, -0.2) is 30.9 Å². The maximum absolute atomic E-state index is 5.33. The molecule has 2 aliphatic rings. The van der Waals surface area contributed by atoms with Crippen LogP contribution in [-0.2, 0) is 65.5 Å². The summed E-state index contributed by atoms with van der Waals surface area (Å²) in [6.07, 6.45) is 19.5. The Morgan fingerprint density at radius 1 is 0.430 bits per heavy atom. The van der Waals surface area contributed by atoms with E-state index in [0.717, 1.165) is 68.4 Å². The minimum absolute atomic E-state index is 0.287. The molecular formula is C92H121N5O2S. The molecule has 0 fully saturated rings. The summed E-state index contributed by atoms with van der Waals surface area (Å²) in [5.74, 6) is 2.91. The fourth-order valence-corrected chi connectivity index (χ4v) is 14.0. The number of nitrogens with zero attached hydrogens (tertiary/aromatic N) is 3. The van der Waals surface area contributed by atoms with E-state index in [4.69, 9.17) is 9.47 Å². The number of allylic oxidation sites excluding steroid dienone is 1. The highest BCUT2D eigenvalue weighted by Crippen LogP contribution is 2.36. The van der Waals surface area contributed by atoms with Gasteiger partial charge in [-0.25, -0.2) is 4.98 Å². The van der Waals surface area contributed by atoms with Gasteiger partial charge in [-0.05, 0) is 210 Å². The third kappa shape index (κ3) is 24.6. The minimum atomic E-state index is 0.287. The van der Waals surface area contributed by atoms with Gasteiger partial charge >= 0.3 is 0 Å². The van der Waals surface area contributed by atoms with Gasteiger partial charge in [0.15, 0.2) is 11.5 Å².